The van der Waals surface area contributed by atoms with Crippen LogP contribution < -0.4 is 19.9 Å². The Labute approximate surface area is 172 Å². The molecule has 1 aromatic heterocycles. The molecule has 0 aliphatic rings. The summed E-state index contributed by atoms with van der Waals surface area (Å²) in [6.45, 7) is 0. The molecule has 0 N–H and O–H groups in total. The van der Waals surface area contributed by atoms with Crippen molar-refractivity contribution in [1.29, 1.82) is 0 Å². The number of rotatable bonds is 5. The number of fused-ring (bicyclic) bond motifs is 1. The molecule has 4 aromatic rings. The highest BCUT2D eigenvalue weighted by molar-refractivity contribution is 6.03. The Morgan fingerprint density at radius 1 is 0.767 bits per heavy atom. The Morgan fingerprint density at radius 3 is 1.93 bits per heavy atom. The third-order valence-corrected chi connectivity index (χ3v) is 5.01. The number of pyridine rings is 1. The average Bonchev–Trinajstić information content (AvgIpc) is 2.79. The first-order valence-electron chi connectivity index (χ1n) is 9.29. The van der Waals surface area contributed by atoms with Gasteiger partial charge in [0.05, 0.1) is 25.3 Å². The molecular weight excluding hydrogens is 385 g/mol. The van der Waals surface area contributed by atoms with Gasteiger partial charge in [-0.05, 0) is 42.0 Å². The van der Waals surface area contributed by atoms with Crippen molar-refractivity contribution < 1.29 is 18.7 Å². The number of aromatic nitrogens is 1. The van der Waals surface area contributed by atoms with E-state index in [-0.39, 0.29) is 11.4 Å². The maximum Gasteiger partial charge on any atom is 0.291 e. The van der Waals surface area contributed by atoms with Crippen LogP contribution in [0.5, 0.6) is 11.5 Å². The van der Waals surface area contributed by atoms with Crippen LogP contribution in [-0.4, -0.2) is 26.1 Å². The standard InChI is InChI=1S/C24H20FNO4/c1-28-20-13-18-19(14-21(20)29-2)24(27)26(30-3)23(16-9-11-17(25)12-10-16)22(18)15-7-5-4-6-8-15/h4-14H,1-3H3. The summed E-state index contributed by atoms with van der Waals surface area (Å²) >= 11 is 0. The predicted octanol–water partition coefficient (Wildman–Crippen LogP) is 4.55. The number of nitrogens with zero attached hydrogens (tertiary/aromatic N) is 1. The van der Waals surface area contributed by atoms with E-state index in [0.717, 1.165) is 11.1 Å². The average molecular weight is 405 g/mol. The summed E-state index contributed by atoms with van der Waals surface area (Å²) in [6, 6.07) is 19.0. The highest BCUT2D eigenvalue weighted by atomic mass is 19.1. The maximum atomic E-state index is 13.6. The quantitative estimate of drug-likeness (QED) is 0.489. The van der Waals surface area contributed by atoms with Gasteiger partial charge < -0.3 is 14.3 Å². The minimum absolute atomic E-state index is 0.354. The van der Waals surface area contributed by atoms with Gasteiger partial charge in [-0.1, -0.05) is 30.3 Å². The van der Waals surface area contributed by atoms with E-state index in [2.05, 4.69) is 0 Å². The van der Waals surface area contributed by atoms with Crippen LogP contribution in [0.25, 0.3) is 33.2 Å². The Kier molecular flexibility index (Phi) is 5.14. The van der Waals surface area contributed by atoms with Gasteiger partial charge in [0.25, 0.3) is 5.56 Å². The first kappa shape index (κ1) is 19.5. The van der Waals surface area contributed by atoms with Crippen LogP contribution in [-0.2, 0) is 0 Å². The van der Waals surface area contributed by atoms with Crippen molar-refractivity contribution in [3.05, 3.63) is 82.9 Å². The molecule has 0 atom stereocenters. The van der Waals surface area contributed by atoms with Gasteiger partial charge in [-0.25, -0.2) is 4.39 Å². The van der Waals surface area contributed by atoms with Gasteiger partial charge in [0.1, 0.15) is 12.9 Å². The molecule has 0 saturated heterocycles. The van der Waals surface area contributed by atoms with Crippen LogP contribution in [0.15, 0.2) is 71.5 Å². The number of halogens is 1. The van der Waals surface area contributed by atoms with Crippen molar-refractivity contribution in [2.75, 3.05) is 21.3 Å². The highest BCUT2D eigenvalue weighted by Crippen LogP contribution is 2.40. The second-order valence-electron chi connectivity index (χ2n) is 6.63. The fourth-order valence-corrected chi connectivity index (χ4v) is 3.64. The molecule has 0 aliphatic heterocycles. The molecule has 0 radical (unpaired) electrons. The zero-order valence-corrected chi connectivity index (χ0v) is 16.8. The van der Waals surface area contributed by atoms with Gasteiger partial charge in [0.2, 0.25) is 0 Å². The topological polar surface area (TPSA) is 49.7 Å². The minimum atomic E-state index is -0.362. The molecule has 6 heteroatoms. The van der Waals surface area contributed by atoms with Gasteiger partial charge in [-0.3, -0.25) is 4.79 Å². The fraction of sp³-hybridized carbons (Fsp3) is 0.125. The van der Waals surface area contributed by atoms with Crippen LogP contribution in [0, 0.1) is 5.82 Å². The molecule has 152 valence electrons. The second-order valence-corrected chi connectivity index (χ2v) is 6.63. The fourth-order valence-electron chi connectivity index (χ4n) is 3.64. The normalized spacial score (nSPS) is 10.8. The Balaban J connectivity index is 2.23. The molecule has 30 heavy (non-hydrogen) atoms. The number of methoxy groups -OCH3 is 2. The lowest BCUT2D eigenvalue weighted by molar-refractivity contribution is 0.163. The van der Waals surface area contributed by atoms with Crippen molar-refractivity contribution in [1.82, 2.24) is 4.73 Å². The molecule has 0 saturated carbocycles. The molecule has 0 unspecified atom stereocenters. The molecule has 0 fully saturated rings. The molecule has 0 aliphatic carbocycles. The number of benzene rings is 3. The molecular formula is C24H20FNO4. The summed E-state index contributed by atoms with van der Waals surface area (Å²) in [5.74, 6) is 0.582. The lowest BCUT2D eigenvalue weighted by atomic mass is 9.93. The Morgan fingerprint density at radius 2 is 1.37 bits per heavy atom. The monoisotopic (exact) mass is 405 g/mol. The smallest absolute Gasteiger partial charge is 0.291 e. The zero-order chi connectivity index (χ0) is 21.3. The summed E-state index contributed by atoms with van der Waals surface area (Å²) in [6.07, 6.45) is 0. The highest BCUT2D eigenvalue weighted by Gasteiger charge is 2.22. The van der Waals surface area contributed by atoms with Gasteiger partial charge in [0, 0.05) is 16.5 Å². The second kappa shape index (κ2) is 7.91. The maximum absolute atomic E-state index is 13.6. The molecule has 3 aromatic carbocycles. The molecule has 0 bridgehead atoms. The summed E-state index contributed by atoms with van der Waals surface area (Å²) in [4.78, 5) is 18.8. The van der Waals surface area contributed by atoms with E-state index in [0.29, 0.717) is 33.5 Å². The Hall–Kier alpha value is -3.80. The number of ether oxygens (including phenoxy) is 2. The predicted molar refractivity (Wildman–Crippen MR) is 115 cm³/mol. The van der Waals surface area contributed by atoms with E-state index in [4.69, 9.17) is 14.3 Å². The number of hydrogen-bond donors (Lipinski definition) is 0. The largest absolute Gasteiger partial charge is 0.493 e. The summed E-state index contributed by atoms with van der Waals surface area (Å²) in [5, 5.41) is 1.09. The molecule has 4 rings (SSSR count). The molecule has 5 nitrogen and oxygen atoms in total. The summed E-state index contributed by atoms with van der Waals surface area (Å²) < 4.78 is 25.7. The van der Waals surface area contributed by atoms with Crippen LogP contribution >= 0.6 is 0 Å². The molecule has 0 spiro atoms. The SMILES string of the molecule is COc1cc2c(-c3ccccc3)c(-c3ccc(F)cc3)n(OC)c(=O)c2cc1OC. The lowest BCUT2D eigenvalue weighted by Crippen LogP contribution is -2.27. The summed E-state index contributed by atoms with van der Waals surface area (Å²) in [5.41, 5.74) is 2.45. The van der Waals surface area contributed by atoms with Gasteiger partial charge in [-0.15, -0.1) is 4.73 Å². The minimum Gasteiger partial charge on any atom is -0.493 e. The van der Waals surface area contributed by atoms with E-state index in [1.54, 1.807) is 31.4 Å². The zero-order valence-electron chi connectivity index (χ0n) is 16.8. The first-order chi connectivity index (χ1) is 14.6. The lowest BCUT2D eigenvalue weighted by Gasteiger charge is -2.20. The van der Waals surface area contributed by atoms with Crippen LogP contribution in [0.4, 0.5) is 4.39 Å². The van der Waals surface area contributed by atoms with E-state index < -0.39 is 0 Å². The van der Waals surface area contributed by atoms with Gasteiger partial charge in [0.15, 0.2) is 11.5 Å². The first-order valence-corrected chi connectivity index (χ1v) is 9.29. The van der Waals surface area contributed by atoms with Crippen molar-refractivity contribution in [3.63, 3.8) is 0 Å². The van der Waals surface area contributed by atoms with E-state index >= 15 is 0 Å². The van der Waals surface area contributed by atoms with Gasteiger partial charge >= 0.3 is 0 Å². The van der Waals surface area contributed by atoms with Crippen LogP contribution in [0.2, 0.25) is 0 Å². The third kappa shape index (κ3) is 3.16. The van der Waals surface area contributed by atoms with Crippen LogP contribution in [0.3, 0.4) is 0 Å². The number of hydrogen-bond acceptors (Lipinski definition) is 4. The van der Waals surface area contributed by atoms with Crippen molar-refractivity contribution in [2.24, 2.45) is 0 Å². The molecule has 1 heterocycles. The van der Waals surface area contributed by atoms with Crippen molar-refractivity contribution in [3.8, 4) is 33.9 Å². The van der Waals surface area contributed by atoms with Crippen molar-refractivity contribution >= 4 is 10.8 Å². The van der Waals surface area contributed by atoms with E-state index in [9.17, 15) is 9.18 Å². The van der Waals surface area contributed by atoms with Gasteiger partial charge in [-0.2, -0.15) is 0 Å². The summed E-state index contributed by atoms with van der Waals surface area (Å²) in [7, 11) is 4.49. The van der Waals surface area contributed by atoms with Crippen LogP contribution in [0.1, 0.15) is 0 Å². The van der Waals surface area contributed by atoms with E-state index in [1.165, 1.54) is 31.1 Å². The van der Waals surface area contributed by atoms with E-state index in [1.807, 2.05) is 30.3 Å². The molecule has 0 amide bonds. The van der Waals surface area contributed by atoms with Crippen molar-refractivity contribution in [2.45, 2.75) is 0 Å². The third-order valence-electron chi connectivity index (χ3n) is 5.01. The Bertz CT molecular complexity index is 1260.